The van der Waals surface area contributed by atoms with E-state index in [1.165, 1.54) is 53.3 Å². The molecule has 0 saturated heterocycles. The third kappa shape index (κ3) is 2.36. The normalized spacial score (nSPS) is 14.2. The third-order valence-corrected chi connectivity index (χ3v) is 9.07. The average Bonchev–Trinajstić information content (AvgIpc) is 3.51. The maximum absolute atomic E-state index is 5.09. The molecule has 0 radical (unpaired) electrons. The highest BCUT2D eigenvalue weighted by Gasteiger charge is 2.37. The van der Waals surface area contributed by atoms with Gasteiger partial charge in [-0.05, 0) is 34.9 Å². The van der Waals surface area contributed by atoms with E-state index in [-0.39, 0.29) is 5.41 Å². The Morgan fingerprint density at radius 3 is 2.34 bits per heavy atom. The molecule has 0 aliphatic heterocycles. The molecule has 0 spiro atoms. The predicted octanol–water partition coefficient (Wildman–Crippen LogP) is 8.85. The zero-order chi connectivity index (χ0) is 23.3. The fraction of sp³-hybridized carbons (Fsp3) is 0.0938. The van der Waals surface area contributed by atoms with Gasteiger partial charge in [-0.15, -0.1) is 11.3 Å². The Hall–Kier alpha value is -3.95. The topological polar surface area (TPSA) is 17.8 Å². The third-order valence-electron chi connectivity index (χ3n) is 7.84. The van der Waals surface area contributed by atoms with Crippen LogP contribution in [0.25, 0.3) is 58.9 Å². The second-order valence-corrected chi connectivity index (χ2v) is 11.0. The summed E-state index contributed by atoms with van der Waals surface area (Å²) >= 11 is 1.91. The fourth-order valence-corrected chi connectivity index (χ4v) is 7.60. The summed E-state index contributed by atoms with van der Waals surface area (Å²) in [6.45, 7) is 4.70. The molecule has 0 N–H and O–H groups in total. The summed E-state index contributed by atoms with van der Waals surface area (Å²) < 4.78 is 4.98. The molecule has 1 aliphatic rings. The maximum atomic E-state index is 5.09. The Balaban J connectivity index is 1.56. The zero-order valence-electron chi connectivity index (χ0n) is 19.5. The van der Waals surface area contributed by atoms with E-state index < -0.39 is 0 Å². The molecule has 7 aromatic rings. The van der Waals surface area contributed by atoms with Crippen LogP contribution in [0, 0.1) is 0 Å². The number of fused-ring (bicyclic) bond motifs is 11. The summed E-state index contributed by atoms with van der Waals surface area (Å²) in [6.07, 6.45) is 2.07. The van der Waals surface area contributed by atoms with Crippen LogP contribution >= 0.6 is 11.3 Å². The Labute approximate surface area is 207 Å². The lowest BCUT2D eigenvalue weighted by atomic mass is 9.82. The van der Waals surface area contributed by atoms with Gasteiger partial charge < -0.3 is 4.57 Å². The van der Waals surface area contributed by atoms with Gasteiger partial charge in [-0.1, -0.05) is 86.6 Å². The number of hydrogen-bond donors (Lipinski definition) is 0. The molecule has 3 aromatic heterocycles. The molecular formula is C32H22N2S. The maximum Gasteiger partial charge on any atom is 0.0896 e. The van der Waals surface area contributed by atoms with E-state index in [0.717, 1.165) is 16.7 Å². The van der Waals surface area contributed by atoms with E-state index in [9.17, 15) is 0 Å². The van der Waals surface area contributed by atoms with Gasteiger partial charge in [-0.2, -0.15) is 0 Å². The van der Waals surface area contributed by atoms with Gasteiger partial charge in [-0.3, -0.25) is 4.98 Å². The minimum atomic E-state index is 0.00236. The molecule has 0 saturated carbocycles. The SMILES string of the molecule is CC1(C)c2ccccc2-c2c1ccc1c2sc2c1ncc1c2c2ccccc2n1-c1ccccc1. The number of thiophene rings is 1. The number of para-hydroxylation sites is 2. The van der Waals surface area contributed by atoms with Gasteiger partial charge >= 0.3 is 0 Å². The van der Waals surface area contributed by atoms with Crippen LogP contribution in [0.15, 0.2) is 97.2 Å². The Morgan fingerprint density at radius 2 is 1.46 bits per heavy atom. The minimum Gasteiger partial charge on any atom is -0.308 e. The van der Waals surface area contributed by atoms with E-state index in [4.69, 9.17) is 4.98 Å². The van der Waals surface area contributed by atoms with Gasteiger partial charge in [0.2, 0.25) is 0 Å². The van der Waals surface area contributed by atoms with E-state index in [1.807, 2.05) is 11.3 Å². The van der Waals surface area contributed by atoms with Crippen LogP contribution in [-0.2, 0) is 5.41 Å². The molecule has 0 atom stereocenters. The summed E-state index contributed by atoms with van der Waals surface area (Å²) in [7, 11) is 0. The number of nitrogens with zero attached hydrogens (tertiary/aromatic N) is 2. The molecular weight excluding hydrogens is 444 g/mol. The highest BCUT2D eigenvalue weighted by Crippen LogP contribution is 2.54. The molecule has 0 unspecified atom stereocenters. The molecule has 0 fully saturated rings. The Bertz CT molecular complexity index is 1970. The van der Waals surface area contributed by atoms with Crippen LogP contribution in [0.2, 0.25) is 0 Å². The number of hydrogen-bond acceptors (Lipinski definition) is 2. The first kappa shape index (κ1) is 19.4. The number of pyridine rings is 1. The first-order chi connectivity index (χ1) is 17.1. The van der Waals surface area contributed by atoms with Crippen molar-refractivity contribution >= 4 is 53.4 Å². The van der Waals surface area contributed by atoms with Gasteiger partial charge in [-0.25, -0.2) is 0 Å². The highest BCUT2D eigenvalue weighted by atomic mass is 32.1. The van der Waals surface area contributed by atoms with Crippen molar-refractivity contribution in [3.63, 3.8) is 0 Å². The molecule has 0 amide bonds. The van der Waals surface area contributed by atoms with Gasteiger partial charge in [0.05, 0.1) is 27.4 Å². The summed E-state index contributed by atoms with van der Waals surface area (Å²) in [5.41, 5.74) is 10.3. The van der Waals surface area contributed by atoms with Crippen molar-refractivity contribution < 1.29 is 0 Å². The first-order valence-electron chi connectivity index (χ1n) is 12.1. The zero-order valence-corrected chi connectivity index (χ0v) is 20.4. The van der Waals surface area contributed by atoms with Crippen LogP contribution in [0.3, 0.4) is 0 Å². The summed E-state index contributed by atoms with van der Waals surface area (Å²) in [5, 5.41) is 3.84. The van der Waals surface area contributed by atoms with E-state index in [2.05, 4.69) is 116 Å². The van der Waals surface area contributed by atoms with Crippen molar-refractivity contribution in [2.24, 2.45) is 0 Å². The second-order valence-electron chi connectivity index (χ2n) is 10.0. The second kappa shape index (κ2) is 6.59. The molecule has 35 heavy (non-hydrogen) atoms. The molecule has 8 rings (SSSR count). The number of benzene rings is 4. The predicted molar refractivity (Wildman–Crippen MR) is 149 cm³/mol. The monoisotopic (exact) mass is 466 g/mol. The van der Waals surface area contributed by atoms with E-state index in [0.29, 0.717) is 0 Å². The quantitative estimate of drug-likeness (QED) is 0.236. The lowest BCUT2D eigenvalue weighted by molar-refractivity contribution is 0.661. The van der Waals surface area contributed by atoms with Crippen LogP contribution in [-0.4, -0.2) is 9.55 Å². The lowest BCUT2D eigenvalue weighted by Gasteiger charge is -2.21. The van der Waals surface area contributed by atoms with Crippen molar-refractivity contribution in [2.45, 2.75) is 19.3 Å². The van der Waals surface area contributed by atoms with Crippen LogP contribution in [0.1, 0.15) is 25.0 Å². The van der Waals surface area contributed by atoms with Crippen molar-refractivity contribution in [1.82, 2.24) is 9.55 Å². The molecule has 3 heterocycles. The fourth-order valence-electron chi connectivity index (χ4n) is 6.23. The van der Waals surface area contributed by atoms with Gasteiger partial charge in [0, 0.05) is 37.5 Å². The van der Waals surface area contributed by atoms with Crippen LogP contribution < -0.4 is 0 Å². The van der Waals surface area contributed by atoms with Crippen molar-refractivity contribution in [1.29, 1.82) is 0 Å². The Morgan fingerprint density at radius 1 is 0.686 bits per heavy atom. The smallest absolute Gasteiger partial charge is 0.0896 e. The van der Waals surface area contributed by atoms with Crippen molar-refractivity contribution in [3.8, 4) is 16.8 Å². The lowest BCUT2D eigenvalue weighted by Crippen LogP contribution is -2.14. The highest BCUT2D eigenvalue weighted by molar-refractivity contribution is 7.27. The Kier molecular flexibility index (Phi) is 3.64. The minimum absolute atomic E-state index is 0.00236. The molecule has 4 aromatic carbocycles. The average molecular weight is 467 g/mol. The first-order valence-corrected chi connectivity index (χ1v) is 12.9. The largest absolute Gasteiger partial charge is 0.308 e. The summed E-state index contributed by atoms with van der Waals surface area (Å²) in [6, 6.07) is 32.9. The van der Waals surface area contributed by atoms with Crippen LogP contribution in [0.4, 0.5) is 0 Å². The van der Waals surface area contributed by atoms with Gasteiger partial charge in [0.15, 0.2) is 0 Å². The van der Waals surface area contributed by atoms with Gasteiger partial charge in [0.25, 0.3) is 0 Å². The van der Waals surface area contributed by atoms with Crippen LogP contribution in [0.5, 0.6) is 0 Å². The van der Waals surface area contributed by atoms with Crippen molar-refractivity contribution in [3.05, 3.63) is 108 Å². The van der Waals surface area contributed by atoms with Crippen molar-refractivity contribution in [2.75, 3.05) is 0 Å². The molecule has 0 bridgehead atoms. The molecule has 1 aliphatic carbocycles. The standard InChI is InChI=1S/C32H22N2S/c1-32(2)23-14-8-6-12-20(23)27-24(32)17-16-22-29-31(35-30(22)27)28-21-13-7-9-15-25(21)34(26(28)18-33-29)19-10-4-3-5-11-19/h3-18H,1-2H3. The molecule has 166 valence electrons. The molecule has 2 nitrogen and oxygen atoms in total. The summed E-state index contributed by atoms with van der Waals surface area (Å²) in [5.74, 6) is 0. The molecule has 3 heteroatoms. The van der Waals surface area contributed by atoms with E-state index >= 15 is 0 Å². The number of rotatable bonds is 1. The van der Waals surface area contributed by atoms with Gasteiger partial charge in [0.1, 0.15) is 0 Å². The van der Waals surface area contributed by atoms with E-state index in [1.54, 1.807) is 0 Å². The summed E-state index contributed by atoms with van der Waals surface area (Å²) in [4.78, 5) is 5.09. The number of aromatic nitrogens is 2.